The lowest BCUT2D eigenvalue weighted by atomic mass is 10.1. The second-order valence-electron chi connectivity index (χ2n) is 5.31. The van der Waals surface area contributed by atoms with Crippen LogP contribution < -0.4 is 15.4 Å². The molecule has 0 saturated carbocycles. The molecule has 0 saturated heterocycles. The zero-order valence-electron chi connectivity index (χ0n) is 14.1. The van der Waals surface area contributed by atoms with Crippen molar-refractivity contribution >= 4 is 17.3 Å². The van der Waals surface area contributed by atoms with Gasteiger partial charge in [0, 0.05) is 18.9 Å². The van der Waals surface area contributed by atoms with Crippen LogP contribution in [0.25, 0.3) is 0 Å². The number of alkyl halides is 3. The van der Waals surface area contributed by atoms with Crippen molar-refractivity contribution in [1.29, 1.82) is 0 Å². The molecule has 0 radical (unpaired) electrons. The van der Waals surface area contributed by atoms with Gasteiger partial charge in [-0.15, -0.1) is 0 Å². The summed E-state index contributed by atoms with van der Waals surface area (Å²) in [5.74, 6) is 0.00211. The van der Waals surface area contributed by atoms with Crippen LogP contribution in [0.1, 0.15) is 5.56 Å². The molecule has 2 rings (SSSR count). The molecule has 2 N–H and O–H groups in total. The average Bonchev–Trinajstić information content (AvgIpc) is 2.60. The zero-order chi connectivity index (χ0) is 19.0. The first-order chi connectivity index (χ1) is 12.4. The standard InChI is InChI=1S/C18H19F3N2O3/c1-25-9-10-26-14-6-4-5-13(11-14)22-12-17(24)23-16-8-3-2-7-15(16)18(19,20)21/h2-8,11,22H,9-10,12H2,1H3,(H,23,24). The van der Waals surface area contributed by atoms with Gasteiger partial charge in [0.15, 0.2) is 0 Å². The van der Waals surface area contributed by atoms with Crippen LogP contribution in [-0.2, 0) is 15.7 Å². The summed E-state index contributed by atoms with van der Waals surface area (Å²) in [7, 11) is 1.57. The van der Waals surface area contributed by atoms with Crippen molar-refractivity contribution in [2.45, 2.75) is 6.18 Å². The first kappa shape index (κ1) is 19.6. The van der Waals surface area contributed by atoms with E-state index in [9.17, 15) is 18.0 Å². The fourth-order valence-electron chi connectivity index (χ4n) is 2.15. The number of methoxy groups -OCH3 is 1. The van der Waals surface area contributed by atoms with Crippen molar-refractivity contribution < 1.29 is 27.4 Å². The number of hydrogen-bond acceptors (Lipinski definition) is 4. The highest BCUT2D eigenvalue weighted by molar-refractivity contribution is 5.94. The molecule has 0 spiro atoms. The molecule has 0 bridgehead atoms. The van der Waals surface area contributed by atoms with E-state index in [-0.39, 0.29) is 12.2 Å². The number of hydrogen-bond donors (Lipinski definition) is 2. The van der Waals surface area contributed by atoms with E-state index in [1.807, 2.05) is 0 Å². The Morgan fingerprint density at radius 1 is 1.08 bits per heavy atom. The third kappa shape index (κ3) is 5.96. The van der Waals surface area contributed by atoms with E-state index in [0.29, 0.717) is 24.7 Å². The number of halogens is 3. The van der Waals surface area contributed by atoms with Crippen LogP contribution in [0.5, 0.6) is 5.75 Å². The van der Waals surface area contributed by atoms with Crippen molar-refractivity contribution in [2.24, 2.45) is 0 Å². The predicted molar refractivity (Wildman–Crippen MR) is 92.4 cm³/mol. The molecular weight excluding hydrogens is 349 g/mol. The molecule has 0 unspecified atom stereocenters. The molecule has 0 heterocycles. The maximum Gasteiger partial charge on any atom is 0.418 e. The van der Waals surface area contributed by atoms with E-state index < -0.39 is 17.6 Å². The minimum atomic E-state index is -4.54. The summed E-state index contributed by atoms with van der Waals surface area (Å²) >= 11 is 0. The highest BCUT2D eigenvalue weighted by Gasteiger charge is 2.33. The molecule has 5 nitrogen and oxygen atoms in total. The van der Waals surface area contributed by atoms with E-state index in [0.717, 1.165) is 6.07 Å². The van der Waals surface area contributed by atoms with Crippen LogP contribution in [0.2, 0.25) is 0 Å². The molecule has 1 amide bonds. The van der Waals surface area contributed by atoms with E-state index in [1.54, 1.807) is 31.4 Å². The summed E-state index contributed by atoms with van der Waals surface area (Å²) in [6.07, 6.45) is -4.54. The number of rotatable bonds is 8. The van der Waals surface area contributed by atoms with Crippen LogP contribution in [0.15, 0.2) is 48.5 Å². The molecule has 8 heteroatoms. The molecular formula is C18H19F3N2O3. The summed E-state index contributed by atoms with van der Waals surface area (Å²) in [4.78, 5) is 12.0. The normalized spacial score (nSPS) is 11.1. The number of para-hydroxylation sites is 1. The zero-order valence-corrected chi connectivity index (χ0v) is 14.1. The third-order valence-electron chi connectivity index (χ3n) is 3.35. The Bertz CT molecular complexity index is 736. The second kappa shape index (κ2) is 9.10. The van der Waals surface area contributed by atoms with Gasteiger partial charge >= 0.3 is 6.18 Å². The molecule has 140 valence electrons. The van der Waals surface area contributed by atoms with Crippen molar-refractivity contribution in [3.63, 3.8) is 0 Å². The number of ether oxygens (including phenoxy) is 2. The quantitative estimate of drug-likeness (QED) is 0.696. The third-order valence-corrected chi connectivity index (χ3v) is 3.35. The van der Waals surface area contributed by atoms with Crippen molar-refractivity contribution in [1.82, 2.24) is 0 Å². The van der Waals surface area contributed by atoms with Gasteiger partial charge < -0.3 is 20.1 Å². The molecule has 26 heavy (non-hydrogen) atoms. The average molecular weight is 368 g/mol. The van der Waals surface area contributed by atoms with E-state index in [4.69, 9.17) is 9.47 Å². The number of amides is 1. The lowest BCUT2D eigenvalue weighted by Crippen LogP contribution is -2.23. The van der Waals surface area contributed by atoms with Crippen LogP contribution in [0.4, 0.5) is 24.5 Å². The summed E-state index contributed by atoms with van der Waals surface area (Å²) in [5, 5.41) is 5.12. The van der Waals surface area contributed by atoms with E-state index in [1.165, 1.54) is 18.2 Å². The molecule has 0 aliphatic heterocycles. The first-order valence-electron chi connectivity index (χ1n) is 7.82. The van der Waals surface area contributed by atoms with Gasteiger partial charge in [-0.1, -0.05) is 18.2 Å². The number of benzene rings is 2. The molecule has 2 aromatic carbocycles. The maximum atomic E-state index is 12.9. The number of anilines is 2. The van der Waals surface area contributed by atoms with Crippen LogP contribution in [-0.4, -0.2) is 32.8 Å². The van der Waals surface area contributed by atoms with Gasteiger partial charge in [-0.05, 0) is 24.3 Å². The summed E-state index contributed by atoms with van der Waals surface area (Å²) < 4.78 is 49.1. The Balaban J connectivity index is 1.93. The van der Waals surface area contributed by atoms with Gasteiger partial charge in [0.25, 0.3) is 0 Å². The molecule has 0 aliphatic rings. The maximum absolute atomic E-state index is 12.9. The Kier molecular flexibility index (Phi) is 6.85. The molecule has 0 atom stereocenters. The number of carbonyl (C=O) groups is 1. The second-order valence-corrected chi connectivity index (χ2v) is 5.31. The van der Waals surface area contributed by atoms with Gasteiger partial charge in [-0.25, -0.2) is 0 Å². The van der Waals surface area contributed by atoms with Gasteiger partial charge in [-0.2, -0.15) is 13.2 Å². The van der Waals surface area contributed by atoms with Crippen LogP contribution in [0.3, 0.4) is 0 Å². The highest BCUT2D eigenvalue weighted by atomic mass is 19.4. The Morgan fingerprint density at radius 3 is 2.58 bits per heavy atom. The number of nitrogens with one attached hydrogen (secondary N) is 2. The Morgan fingerprint density at radius 2 is 1.85 bits per heavy atom. The minimum Gasteiger partial charge on any atom is -0.491 e. The Labute approximate surface area is 149 Å². The Hall–Kier alpha value is -2.74. The van der Waals surface area contributed by atoms with Gasteiger partial charge in [0.05, 0.1) is 24.4 Å². The topological polar surface area (TPSA) is 59.6 Å². The van der Waals surface area contributed by atoms with E-state index in [2.05, 4.69) is 10.6 Å². The van der Waals surface area contributed by atoms with Crippen LogP contribution in [0, 0.1) is 0 Å². The van der Waals surface area contributed by atoms with Crippen LogP contribution >= 0.6 is 0 Å². The smallest absolute Gasteiger partial charge is 0.418 e. The summed E-state index contributed by atoms with van der Waals surface area (Å²) in [6.45, 7) is 0.640. The lowest BCUT2D eigenvalue weighted by molar-refractivity contribution is -0.137. The van der Waals surface area contributed by atoms with Crippen molar-refractivity contribution in [3.8, 4) is 5.75 Å². The van der Waals surface area contributed by atoms with Gasteiger partial charge in [0.2, 0.25) is 5.91 Å². The van der Waals surface area contributed by atoms with Gasteiger partial charge in [-0.3, -0.25) is 4.79 Å². The van der Waals surface area contributed by atoms with Crippen molar-refractivity contribution in [3.05, 3.63) is 54.1 Å². The largest absolute Gasteiger partial charge is 0.491 e. The fraction of sp³-hybridized carbons (Fsp3) is 0.278. The molecule has 0 fully saturated rings. The molecule has 0 aliphatic carbocycles. The minimum absolute atomic E-state index is 0.187. The fourth-order valence-corrected chi connectivity index (χ4v) is 2.15. The molecule has 0 aromatic heterocycles. The predicted octanol–water partition coefficient (Wildman–Crippen LogP) is 3.78. The van der Waals surface area contributed by atoms with Crippen molar-refractivity contribution in [2.75, 3.05) is 37.5 Å². The van der Waals surface area contributed by atoms with E-state index >= 15 is 0 Å². The summed E-state index contributed by atoms with van der Waals surface area (Å²) in [6, 6.07) is 11.7. The highest BCUT2D eigenvalue weighted by Crippen LogP contribution is 2.34. The number of carbonyl (C=O) groups excluding carboxylic acids is 1. The van der Waals surface area contributed by atoms with Gasteiger partial charge in [0.1, 0.15) is 12.4 Å². The monoisotopic (exact) mass is 368 g/mol. The first-order valence-corrected chi connectivity index (χ1v) is 7.82. The SMILES string of the molecule is COCCOc1cccc(NCC(=O)Nc2ccccc2C(F)(F)F)c1. The molecule has 2 aromatic rings. The summed E-state index contributed by atoms with van der Waals surface area (Å²) in [5.41, 5.74) is -0.551. The lowest BCUT2D eigenvalue weighted by Gasteiger charge is -2.14.